The summed E-state index contributed by atoms with van der Waals surface area (Å²) in [5.74, 6) is 2.19. The van der Waals surface area contributed by atoms with Gasteiger partial charge in [0.05, 0.1) is 0 Å². The molecular formula is C21H34O2. The van der Waals surface area contributed by atoms with Crippen LogP contribution in [0.4, 0.5) is 0 Å². The Labute approximate surface area is 141 Å². The molecule has 3 aliphatic rings. The van der Waals surface area contributed by atoms with E-state index in [1.54, 1.807) is 0 Å². The lowest BCUT2D eigenvalue weighted by Gasteiger charge is -2.44. The maximum atomic E-state index is 13.1. The predicted octanol–water partition coefficient (Wildman–Crippen LogP) is 5.05. The van der Waals surface area contributed by atoms with Gasteiger partial charge in [-0.2, -0.15) is 0 Å². The Hall–Kier alpha value is -0.660. The van der Waals surface area contributed by atoms with Gasteiger partial charge < -0.3 is 0 Å². The highest BCUT2D eigenvalue weighted by Crippen LogP contribution is 2.47. The smallest absolute Gasteiger partial charge is 0.140 e. The number of hydrogen-bond acceptors (Lipinski definition) is 2. The van der Waals surface area contributed by atoms with Gasteiger partial charge in [-0.3, -0.25) is 9.59 Å². The van der Waals surface area contributed by atoms with Crippen molar-refractivity contribution in [1.82, 2.24) is 0 Å². The predicted molar refractivity (Wildman–Crippen MR) is 93.0 cm³/mol. The molecule has 3 saturated carbocycles. The summed E-state index contributed by atoms with van der Waals surface area (Å²) >= 11 is 0. The van der Waals surface area contributed by atoms with Crippen LogP contribution in [0.25, 0.3) is 0 Å². The van der Waals surface area contributed by atoms with Gasteiger partial charge in [-0.1, -0.05) is 27.7 Å². The van der Waals surface area contributed by atoms with E-state index in [-0.39, 0.29) is 23.7 Å². The minimum Gasteiger partial charge on any atom is -0.299 e. The maximum absolute atomic E-state index is 13.1. The Morgan fingerprint density at radius 3 is 2.22 bits per heavy atom. The lowest BCUT2D eigenvalue weighted by molar-refractivity contribution is -0.150. The van der Waals surface area contributed by atoms with Gasteiger partial charge in [0.2, 0.25) is 0 Å². The van der Waals surface area contributed by atoms with Crippen LogP contribution >= 0.6 is 0 Å². The van der Waals surface area contributed by atoms with Crippen molar-refractivity contribution in [2.75, 3.05) is 0 Å². The van der Waals surface area contributed by atoms with E-state index in [2.05, 4.69) is 20.8 Å². The highest BCUT2D eigenvalue weighted by Gasteiger charge is 2.49. The summed E-state index contributed by atoms with van der Waals surface area (Å²) in [5.41, 5.74) is 0.471. The Morgan fingerprint density at radius 2 is 1.57 bits per heavy atom. The molecule has 3 rings (SSSR count). The first kappa shape index (κ1) is 17.2. The van der Waals surface area contributed by atoms with Crippen LogP contribution < -0.4 is 0 Å². The van der Waals surface area contributed by atoms with Gasteiger partial charge in [0.15, 0.2) is 0 Å². The number of fused-ring (bicyclic) bond motifs is 1. The van der Waals surface area contributed by atoms with Crippen molar-refractivity contribution in [1.29, 1.82) is 0 Å². The van der Waals surface area contributed by atoms with Crippen molar-refractivity contribution in [2.45, 2.75) is 79.1 Å². The van der Waals surface area contributed by atoms with Crippen molar-refractivity contribution in [3.05, 3.63) is 0 Å². The van der Waals surface area contributed by atoms with Crippen molar-refractivity contribution < 1.29 is 9.59 Å². The van der Waals surface area contributed by atoms with Crippen molar-refractivity contribution >= 4 is 11.6 Å². The van der Waals surface area contributed by atoms with Crippen LogP contribution in [0.15, 0.2) is 0 Å². The van der Waals surface area contributed by atoms with Gasteiger partial charge in [0.25, 0.3) is 0 Å². The third-order valence-electron chi connectivity index (χ3n) is 7.31. The second-order valence-corrected chi connectivity index (χ2v) is 9.67. The van der Waals surface area contributed by atoms with Crippen molar-refractivity contribution in [2.24, 2.45) is 40.9 Å². The molecule has 0 radical (unpaired) electrons. The molecule has 2 heteroatoms. The molecule has 0 aromatic carbocycles. The molecule has 0 spiro atoms. The van der Waals surface area contributed by atoms with E-state index in [9.17, 15) is 9.59 Å². The van der Waals surface area contributed by atoms with E-state index in [4.69, 9.17) is 0 Å². The second-order valence-electron chi connectivity index (χ2n) is 9.67. The molecule has 0 bridgehead atoms. The van der Waals surface area contributed by atoms with Gasteiger partial charge in [0.1, 0.15) is 11.6 Å². The number of carbonyl (C=O) groups is 2. The minimum absolute atomic E-state index is 0.0170. The highest BCUT2D eigenvalue weighted by molar-refractivity contribution is 5.99. The Bertz CT molecular complexity index is 468. The van der Waals surface area contributed by atoms with E-state index >= 15 is 0 Å². The molecule has 5 unspecified atom stereocenters. The van der Waals surface area contributed by atoms with Gasteiger partial charge in [0, 0.05) is 23.7 Å². The van der Waals surface area contributed by atoms with E-state index in [1.165, 1.54) is 25.7 Å². The maximum Gasteiger partial charge on any atom is 0.140 e. The zero-order chi connectivity index (χ0) is 16.8. The van der Waals surface area contributed by atoms with Crippen LogP contribution in [-0.2, 0) is 9.59 Å². The molecule has 3 fully saturated rings. The molecule has 0 heterocycles. The number of rotatable bonds is 2. The normalized spacial score (nSPS) is 41.7. The van der Waals surface area contributed by atoms with Crippen LogP contribution in [0.1, 0.15) is 79.1 Å². The average Bonchev–Trinajstić information content (AvgIpc) is 2.51. The summed E-state index contributed by atoms with van der Waals surface area (Å²) in [7, 11) is 0. The number of ketones is 2. The Morgan fingerprint density at radius 1 is 0.913 bits per heavy atom. The lowest BCUT2D eigenvalue weighted by atomic mass is 9.58. The van der Waals surface area contributed by atoms with Crippen LogP contribution in [0.2, 0.25) is 0 Å². The molecule has 0 aliphatic heterocycles. The van der Waals surface area contributed by atoms with Gasteiger partial charge >= 0.3 is 0 Å². The van der Waals surface area contributed by atoms with E-state index in [0.29, 0.717) is 28.8 Å². The number of hydrogen-bond donors (Lipinski definition) is 0. The summed E-state index contributed by atoms with van der Waals surface area (Å²) in [6, 6.07) is 0. The molecular weight excluding hydrogens is 284 g/mol. The topological polar surface area (TPSA) is 34.1 Å². The third-order valence-corrected chi connectivity index (χ3v) is 7.31. The molecule has 130 valence electrons. The molecule has 0 aromatic rings. The van der Waals surface area contributed by atoms with Crippen LogP contribution in [-0.4, -0.2) is 11.6 Å². The largest absolute Gasteiger partial charge is 0.299 e. The fourth-order valence-electron chi connectivity index (χ4n) is 5.47. The fraction of sp³-hybridized carbons (Fsp3) is 0.905. The zero-order valence-electron chi connectivity index (χ0n) is 15.4. The monoisotopic (exact) mass is 318 g/mol. The summed E-state index contributed by atoms with van der Waals surface area (Å²) in [6.07, 6.45) is 9.02. The molecule has 23 heavy (non-hydrogen) atoms. The molecule has 0 saturated heterocycles. The van der Waals surface area contributed by atoms with Crippen LogP contribution in [0.3, 0.4) is 0 Å². The quantitative estimate of drug-likeness (QED) is 0.714. The standard InChI is InChI=1S/C21H34O2/c1-13-5-6-16-18(11-13)19(22)14(2)17(20(16)23)12-15-7-9-21(3,4)10-8-15/h13-18H,5-12H2,1-4H3. The molecule has 0 aromatic heterocycles. The fourth-order valence-corrected chi connectivity index (χ4v) is 5.47. The first-order valence-electron chi connectivity index (χ1n) is 9.86. The van der Waals surface area contributed by atoms with Crippen molar-refractivity contribution in [3.8, 4) is 0 Å². The Balaban J connectivity index is 1.68. The molecule has 0 N–H and O–H groups in total. The van der Waals surface area contributed by atoms with E-state index in [0.717, 1.165) is 25.7 Å². The molecule has 2 nitrogen and oxygen atoms in total. The first-order valence-corrected chi connectivity index (χ1v) is 9.86. The summed E-state index contributed by atoms with van der Waals surface area (Å²) in [5, 5.41) is 0. The highest BCUT2D eigenvalue weighted by atomic mass is 16.1. The summed E-state index contributed by atoms with van der Waals surface area (Å²) in [4.78, 5) is 25.9. The zero-order valence-corrected chi connectivity index (χ0v) is 15.4. The van der Waals surface area contributed by atoms with Gasteiger partial charge in [-0.15, -0.1) is 0 Å². The van der Waals surface area contributed by atoms with Crippen LogP contribution in [0.5, 0.6) is 0 Å². The van der Waals surface area contributed by atoms with Gasteiger partial charge in [-0.25, -0.2) is 0 Å². The minimum atomic E-state index is -0.0380. The van der Waals surface area contributed by atoms with Crippen LogP contribution in [0, 0.1) is 40.9 Å². The number of Topliss-reactive ketones (excluding diaryl/α,β-unsaturated/α-hetero) is 2. The average molecular weight is 319 g/mol. The second kappa shape index (κ2) is 6.33. The summed E-state index contributed by atoms with van der Waals surface area (Å²) < 4.78 is 0. The number of carbonyl (C=O) groups excluding carboxylic acids is 2. The lowest BCUT2D eigenvalue weighted by Crippen LogP contribution is -2.49. The molecule has 3 aliphatic carbocycles. The van der Waals surface area contributed by atoms with Crippen molar-refractivity contribution in [3.63, 3.8) is 0 Å². The van der Waals surface area contributed by atoms with Gasteiger partial charge in [-0.05, 0) is 68.6 Å². The first-order chi connectivity index (χ1) is 10.8. The molecule has 0 amide bonds. The molecule has 5 atom stereocenters. The SMILES string of the molecule is CC1CCC2C(=O)C(CC3CCC(C)(C)CC3)C(C)C(=O)C2C1. The van der Waals surface area contributed by atoms with E-state index < -0.39 is 0 Å². The Kier molecular flexibility index (Phi) is 4.73. The van der Waals surface area contributed by atoms with E-state index in [1.807, 2.05) is 6.92 Å². The third kappa shape index (κ3) is 3.42. The summed E-state index contributed by atoms with van der Waals surface area (Å²) in [6.45, 7) is 8.98.